The van der Waals surface area contributed by atoms with E-state index in [9.17, 15) is 4.79 Å². The molecule has 3 aromatic rings. The molecule has 148 valence electrons. The summed E-state index contributed by atoms with van der Waals surface area (Å²) >= 11 is 0. The lowest BCUT2D eigenvalue weighted by Crippen LogP contribution is -2.02. The second-order valence-electron chi connectivity index (χ2n) is 6.41. The van der Waals surface area contributed by atoms with E-state index in [1.165, 1.54) is 17.7 Å². The first-order valence-electron chi connectivity index (χ1n) is 9.04. The van der Waals surface area contributed by atoms with Crippen molar-refractivity contribution in [3.05, 3.63) is 89.0 Å². The van der Waals surface area contributed by atoms with E-state index < -0.39 is 5.97 Å². The molecule has 0 radical (unpaired) electrons. The molecule has 0 heterocycles. The van der Waals surface area contributed by atoms with Crippen LogP contribution in [0, 0.1) is 6.92 Å². The Morgan fingerprint density at radius 2 is 1.90 bits per heavy atom. The number of benzene rings is 3. The number of carboxylic acid groups (broad SMARTS) is 1. The minimum absolute atomic E-state index is 0.189. The highest BCUT2D eigenvalue weighted by molar-refractivity contribution is 5.89. The van der Waals surface area contributed by atoms with E-state index in [1.807, 2.05) is 43.3 Å². The maximum Gasteiger partial charge on any atom is 0.335 e. The molecule has 0 aromatic heterocycles. The molecule has 3 rings (SSSR count). The zero-order chi connectivity index (χ0) is 20.6. The lowest BCUT2D eigenvalue weighted by molar-refractivity contribution is 0.0697. The van der Waals surface area contributed by atoms with Gasteiger partial charge in [0.15, 0.2) is 11.5 Å². The van der Waals surface area contributed by atoms with E-state index in [0.29, 0.717) is 23.8 Å². The van der Waals surface area contributed by atoms with Crippen LogP contribution >= 0.6 is 0 Å². The van der Waals surface area contributed by atoms with E-state index in [0.717, 1.165) is 11.1 Å². The quantitative estimate of drug-likeness (QED) is 0.429. The molecule has 6 heteroatoms. The molecule has 0 atom stereocenters. The molecule has 0 fully saturated rings. The van der Waals surface area contributed by atoms with Gasteiger partial charge in [0.1, 0.15) is 6.61 Å². The van der Waals surface area contributed by atoms with Gasteiger partial charge < -0.3 is 14.6 Å². The Morgan fingerprint density at radius 3 is 2.66 bits per heavy atom. The van der Waals surface area contributed by atoms with Gasteiger partial charge in [-0.1, -0.05) is 42.0 Å². The number of aryl methyl sites for hydroxylation is 1. The third kappa shape index (κ3) is 5.35. The summed E-state index contributed by atoms with van der Waals surface area (Å²) in [6.45, 7) is 2.44. The number of nitrogens with one attached hydrogen (secondary N) is 1. The highest BCUT2D eigenvalue weighted by atomic mass is 16.5. The summed E-state index contributed by atoms with van der Waals surface area (Å²) in [6, 6.07) is 20.1. The molecular weight excluding hydrogens is 368 g/mol. The summed E-state index contributed by atoms with van der Waals surface area (Å²) < 4.78 is 11.5. The van der Waals surface area contributed by atoms with Gasteiger partial charge in [-0.15, -0.1) is 0 Å². The van der Waals surface area contributed by atoms with Crippen LogP contribution in [0.2, 0.25) is 0 Å². The molecule has 3 aromatic carbocycles. The number of anilines is 1. The van der Waals surface area contributed by atoms with E-state index >= 15 is 0 Å². The molecule has 0 aliphatic rings. The molecule has 0 amide bonds. The molecule has 29 heavy (non-hydrogen) atoms. The van der Waals surface area contributed by atoms with Crippen LogP contribution in [0.15, 0.2) is 71.8 Å². The van der Waals surface area contributed by atoms with Gasteiger partial charge in [0, 0.05) is 5.56 Å². The average molecular weight is 390 g/mol. The van der Waals surface area contributed by atoms with Crippen LogP contribution in [0.5, 0.6) is 11.5 Å². The summed E-state index contributed by atoms with van der Waals surface area (Å²) in [5.74, 6) is 0.202. The zero-order valence-corrected chi connectivity index (χ0v) is 16.3. The number of hydrazone groups is 1. The van der Waals surface area contributed by atoms with Crippen molar-refractivity contribution in [2.75, 3.05) is 12.5 Å². The van der Waals surface area contributed by atoms with Crippen LogP contribution in [0.4, 0.5) is 5.69 Å². The lowest BCUT2D eigenvalue weighted by Gasteiger charge is -2.13. The molecule has 0 unspecified atom stereocenters. The van der Waals surface area contributed by atoms with Crippen LogP contribution < -0.4 is 14.9 Å². The number of rotatable bonds is 8. The number of para-hydroxylation sites is 1. The Bertz CT molecular complexity index is 1030. The van der Waals surface area contributed by atoms with E-state index in [2.05, 4.69) is 16.6 Å². The number of carbonyl (C=O) groups is 1. The number of methoxy groups -OCH3 is 1. The van der Waals surface area contributed by atoms with Crippen LogP contribution in [0.1, 0.15) is 27.0 Å². The monoisotopic (exact) mass is 390 g/mol. The highest BCUT2D eigenvalue weighted by Gasteiger charge is 2.10. The molecule has 6 nitrogen and oxygen atoms in total. The molecular formula is C23H22N2O4. The van der Waals surface area contributed by atoms with Crippen molar-refractivity contribution < 1.29 is 19.4 Å². The molecule has 0 bridgehead atoms. The average Bonchev–Trinajstić information content (AvgIpc) is 2.73. The highest BCUT2D eigenvalue weighted by Crippen LogP contribution is 2.31. The normalized spacial score (nSPS) is 10.7. The lowest BCUT2D eigenvalue weighted by atomic mass is 10.1. The smallest absolute Gasteiger partial charge is 0.335 e. The Balaban J connectivity index is 1.77. The fourth-order valence-electron chi connectivity index (χ4n) is 2.81. The van der Waals surface area contributed by atoms with Crippen molar-refractivity contribution in [3.63, 3.8) is 0 Å². The topological polar surface area (TPSA) is 80.2 Å². The number of ether oxygens (including phenoxy) is 2. The maximum atomic E-state index is 11.1. The fourth-order valence-corrected chi connectivity index (χ4v) is 2.81. The van der Waals surface area contributed by atoms with Gasteiger partial charge in [-0.3, -0.25) is 5.43 Å². The molecule has 0 aliphatic carbocycles. The minimum atomic E-state index is -0.989. The Kier molecular flexibility index (Phi) is 6.47. The van der Waals surface area contributed by atoms with Crippen LogP contribution in [0.3, 0.4) is 0 Å². The predicted octanol–water partition coefficient (Wildman–Crippen LogP) is 4.73. The first-order chi connectivity index (χ1) is 14.1. The number of carboxylic acids is 1. The van der Waals surface area contributed by atoms with Crippen molar-refractivity contribution >= 4 is 17.9 Å². The largest absolute Gasteiger partial charge is 0.493 e. The third-order valence-corrected chi connectivity index (χ3v) is 4.20. The third-order valence-electron chi connectivity index (χ3n) is 4.20. The van der Waals surface area contributed by atoms with Gasteiger partial charge in [0.05, 0.1) is 24.6 Å². The van der Waals surface area contributed by atoms with Crippen molar-refractivity contribution in [2.24, 2.45) is 5.10 Å². The standard InChI is InChI=1S/C23H22N2O4/c1-16-6-3-7-17(12-16)15-29-22-19(9-5-11-21(22)28-2)14-24-25-20-10-4-8-18(13-20)23(26)27/h3-14,25H,15H2,1-2H3,(H,26,27)/b24-14+. The van der Waals surface area contributed by atoms with E-state index in [-0.39, 0.29) is 5.56 Å². The Morgan fingerprint density at radius 1 is 1.10 bits per heavy atom. The first-order valence-corrected chi connectivity index (χ1v) is 9.04. The first kappa shape index (κ1) is 19.9. The molecule has 0 spiro atoms. The Hall–Kier alpha value is -3.80. The van der Waals surface area contributed by atoms with Crippen molar-refractivity contribution in [3.8, 4) is 11.5 Å². The van der Waals surface area contributed by atoms with Crippen LogP contribution in [-0.2, 0) is 6.61 Å². The summed E-state index contributed by atoms with van der Waals surface area (Å²) in [5.41, 5.74) is 6.57. The molecule has 0 saturated heterocycles. The Labute approximate surface area is 169 Å². The maximum absolute atomic E-state index is 11.1. The van der Waals surface area contributed by atoms with Gasteiger partial charge in [-0.2, -0.15) is 5.10 Å². The number of hydrogen-bond donors (Lipinski definition) is 2. The fraction of sp³-hybridized carbons (Fsp3) is 0.130. The van der Waals surface area contributed by atoms with Gasteiger partial charge in [0.25, 0.3) is 0 Å². The summed E-state index contributed by atoms with van der Waals surface area (Å²) in [5, 5.41) is 13.3. The second-order valence-corrected chi connectivity index (χ2v) is 6.41. The van der Waals surface area contributed by atoms with Gasteiger partial charge >= 0.3 is 5.97 Å². The van der Waals surface area contributed by atoms with E-state index in [1.54, 1.807) is 25.5 Å². The van der Waals surface area contributed by atoms with Crippen molar-refractivity contribution in [1.29, 1.82) is 0 Å². The predicted molar refractivity (Wildman–Crippen MR) is 113 cm³/mol. The molecule has 0 aliphatic heterocycles. The molecule has 0 saturated carbocycles. The summed E-state index contributed by atoms with van der Waals surface area (Å²) in [7, 11) is 1.59. The van der Waals surface area contributed by atoms with Crippen LogP contribution in [-0.4, -0.2) is 24.4 Å². The van der Waals surface area contributed by atoms with Gasteiger partial charge in [-0.25, -0.2) is 4.79 Å². The van der Waals surface area contributed by atoms with Crippen molar-refractivity contribution in [1.82, 2.24) is 0 Å². The molecule has 2 N–H and O–H groups in total. The van der Waals surface area contributed by atoms with Crippen LogP contribution in [0.25, 0.3) is 0 Å². The zero-order valence-electron chi connectivity index (χ0n) is 16.3. The minimum Gasteiger partial charge on any atom is -0.493 e. The van der Waals surface area contributed by atoms with Gasteiger partial charge in [-0.05, 0) is 42.8 Å². The van der Waals surface area contributed by atoms with E-state index in [4.69, 9.17) is 14.6 Å². The number of nitrogens with zero attached hydrogens (tertiary/aromatic N) is 1. The van der Waals surface area contributed by atoms with Crippen molar-refractivity contribution in [2.45, 2.75) is 13.5 Å². The number of aromatic carboxylic acids is 1. The SMILES string of the molecule is COc1cccc(/C=N/Nc2cccc(C(=O)O)c2)c1OCc1cccc(C)c1. The number of hydrogen-bond acceptors (Lipinski definition) is 5. The summed E-state index contributed by atoms with van der Waals surface area (Å²) in [6.07, 6.45) is 1.61. The summed E-state index contributed by atoms with van der Waals surface area (Å²) in [4.78, 5) is 11.1. The second kappa shape index (κ2) is 9.41. The van der Waals surface area contributed by atoms with Gasteiger partial charge in [0.2, 0.25) is 0 Å².